The fourth-order valence-corrected chi connectivity index (χ4v) is 2.76. The van der Waals surface area contributed by atoms with Crippen LogP contribution in [-0.2, 0) is 9.84 Å². The van der Waals surface area contributed by atoms with Gasteiger partial charge in [0.1, 0.15) is 0 Å². The van der Waals surface area contributed by atoms with Crippen LogP contribution in [0.4, 0.5) is 5.69 Å². The van der Waals surface area contributed by atoms with E-state index < -0.39 is 9.84 Å². The Kier molecular flexibility index (Phi) is 4.38. The highest BCUT2D eigenvalue weighted by molar-refractivity contribution is 7.91. The lowest BCUT2D eigenvalue weighted by Crippen LogP contribution is -2.02. The zero-order valence-corrected chi connectivity index (χ0v) is 11.5. The van der Waals surface area contributed by atoms with Crippen LogP contribution in [-0.4, -0.2) is 8.42 Å². The fraction of sp³-hybridized carbons (Fsp3) is 0.0769. The Morgan fingerprint density at radius 1 is 0.833 bits per heavy atom. The van der Waals surface area contributed by atoms with Crippen LogP contribution in [0.25, 0.3) is 0 Å². The minimum Gasteiger partial charge on any atom is -0.399 e. The quantitative estimate of drug-likeness (QED) is 0.862. The summed E-state index contributed by atoms with van der Waals surface area (Å²) in [6, 6.07) is 13.0. The number of nitrogens with two attached hydrogens (primary N) is 1. The smallest absolute Gasteiger partial charge is 0.206 e. The zero-order chi connectivity index (χ0) is 12.5. The van der Waals surface area contributed by atoms with Crippen LogP contribution in [0.5, 0.6) is 0 Å². The first-order valence-corrected chi connectivity index (χ1v) is 6.66. The maximum Gasteiger partial charge on any atom is 0.206 e. The van der Waals surface area contributed by atoms with Gasteiger partial charge in [-0.05, 0) is 43.3 Å². The lowest BCUT2D eigenvalue weighted by atomic mass is 10.2. The summed E-state index contributed by atoms with van der Waals surface area (Å²) >= 11 is 0. The Morgan fingerprint density at radius 2 is 1.22 bits per heavy atom. The molecule has 0 aromatic heterocycles. The molecule has 96 valence electrons. The van der Waals surface area contributed by atoms with Gasteiger partial charge in [-0.3, -0.25) is 0 Å². The van der Waals surface area contributed by atoms with Gasteiger partial charge in [0.05, 0.1) is 9.79 Å². The SMILES string of the molecule is Cc1ccc(S(=O)(=O)c2ccc(N)cc2)cc1.Cl. The molecule has 0 saturated heterocycles. The summed E-state index contributed by atoms with van der Waals surface area (Å²) in [5.41, 5.74) is 7.11. The second kappa shape index (κ2) is 5.42. The Bertz CT molecular complexity index is 568. The van der Waals surface area contributed by atoms with Gasteiger partial charge in [0.25, 0.3) is 0 Å². The van der Waals surface area contributed by atoms with Gasteiger partial charge in [0, 0.05) is 5.69 Å². The third-order valence-electron chi connectivity index (χ3n) is 2.52. The molecule has 0 heterocycles. The average Bonchev–Trinajstić information content (AvgIpc) is 2.30. The lowest BCUT2D eigenvalue weighted by Gasteiger charge is -2.05. The van der Waals surface area contributed by atoms with Crippen LogP contribution in [0.2, 0.25) is 0 Å². The van der Waals surface area contributed by atoms with Gasteiger partial charge in [-0.1, -0.05) is 17.7 Å². The van der Waals surface area contributed by atoms with Crippen LogP contribution < -0.4 is 5.73 Å². The van der Waals surface area contributed by atoms with Gasteiger partial charge in [0.2, 0.25) is 9.84 Å². The molecule has 2 rings (SSSR count). The molecule has 2 aromatic rings. The van der Waals surface area contributed by atoms with Crippen LogP contribution in [0.15, 0.2) is 58.3 Å². The summed E-state index contributed by atoms with van der Waals surface area (Å²) in [5.74, 6) is 0. The number of rotatable bonds is 2. The molecule has 2 N–H and O–H groups in total. The van der Waals surface area contributed by atoms with Gasteiger partial charge in [0.15, 0.2) is 0 Å². The number of aryl methyl sites for hydroxylation is 1. The first-order chi connectivity index (χ1) is 8.00. The van der Waals surface area contributed by atoms with Crippen molar-refractivity contribution in [2.24, 2.45) is 0 Å². The molecule has 0 aliphatic carbocycles. The summed E-state index contributed by atoms with van der Waals surface area (Å²) < 4.78 is 24.4. The van der Waals surface area contributed by atoms with Gasteiger partial charge in [-0.15, -0.1) is 12.4 Å². The average molecular weight is 284 g/mol. The first-order valence-electron chi connectivity index (χ1n) is 5.17. The summed E-state index contributed by atoms with van der Waals surface area (Å²) in [7, 11) is -3.43. The van der Waals surface area contributed by atoms with Crippen molar-refractivity contribution in [3.63, 3.8) is 0 Å². The third kappa shape index (κ3) is 2.83. The van der Waals surface area contributed by atoms with E-state index in [9.17, 15) is 8.42 Å². The molecule has 0 fully saturated rings. The number of nitrogen functional groups attached to an aromatic ring is 1. The molecule has 0 amide bonds. The Morgan fingerprint density at radius 3 is 1.67 bits per heavy atom. The zero-order valence-electron chi connectivity index (χ0n) is 9.83. The standard InChI is InChI=1S/C13H13NO2S.ClH/c1-10-2-6-12(7-3-10)17(15,16)13-8-4-11(14)5-9-13;/h2-9H,14H2,1H3;1H. The van der Waals surface area contributed by atoms with Crippen LogP contribution in [0.3, 0.4) is 0 Å². The molecular weight excluding hydrogens is 270 g/mol. The highest BCUT2D eigenvalue weighted by Gasteiger charge is 2.16. The maximum atomic E-state index is 12.2. The van der Waals surface area contributed by atoms with Gasteiger partial charge >= 0.3 is 0 Å². The molecule has 5 heteroatoms. The predicted molar refractivity (Wildman–Crippen MR) is 74.7 cm³/mol. The number of hydrogen-bond donors (Lipinski definition) is 1. The molecule has 2 aromatic carbocycles. The van der Waals surface area contributed by atoms with E-state index >= 15 is 0 Å². The van der Waals surface area contributed by atoms with Crippen molar-refractivity contribution in [2.45, 2.75) is 16.7 Å². The number of sulfone groups is 1. The second-order valence-electron chi connectivity index (χ2n) is 3.89. The third-order valence-corrected chi connectivity index (χ3v) is 4.31. The monoisotopic (exact) mass is 283 g/mol. The van der Waals surface area contributed by atoms with Crippen LogP contribution in [0, 0.1) is 6.92 Å². The highest BCUT2D eigenvalue weighted by Crippen LogP contribution is 2.21. The minimum atomic E-state index is -3.43. The van der Waals surface area contributed by atoms with E-state index in [2.05, 4.69) is 0 Å². The first kappa shape index (κ1) is 14.5. The number of benzene rings is 2. The summed E-state index contributed by atoms with van der Waals surface area (Å²) in [6.45, 7) is 1.92. The molecule has 0 atom stereocenters. The number of anilines is 1. The molecule has 18 heavy (non-hydrogen) atoms. The van der Waals surface area contributed by atoms with Crippen LogP contribution in [0.1, 0.15) is 5.56 Å². The molecule has 0 saturated carbocycles. The largest absolute Gasteiger partial charge is 0.399 e. The van der Waals surface area contributed by atoms with Crippen molar-refractivity contribution in [1.29, 1.82) is 0 Å². The van der Waals surface area contributed by atoms with Crippen LogP contribution >= 0.6 is 12.4 Å². The highest BCUT2D eigenvalue weighted by atomic mass is 35.5. The van der Waals surface area contributed by atoms with Crippen molar-refractivity contribution >= 4 is 27.9 Å². The van der Waals surface area contributed by atoms with Crippen molar-refractivity contribution in [2.75, 3.05) is 5.73 Å². The lowest BCUT2D eigenvalue weighted by molar-refractivity contribution is 0.596. The molecule has 0 aliphatic heterocycles. The fourth-order valence-electron chi connectivity index (χ4n) is 1.50. The van der Waals surface area contributed by atoms with E-state index in [-0.39, 0.29) is 17.3 Å². The Balaban J connectivity index is 0.00000162. The number of hydrogen-bond acceptors (Lipinski definition) is 3. The minimum absolute atomic E-state index is 0. The molecular formula is C13H14ClNO2S. The maximum absolute atomic E-state index is 12.2. The van der Waals surface area contributed by atoms with Gasteiger partial charge in [-0.2, -0.15) is 0 Å². The van der Waals surface area contributed by atoms with E-state index in [0.29, 0.717) is 10.6 Å². The van der Waals surface area contributed by atoms with Gasteiger partial charge in [-0.25, -0.2) is 8.42 Å². The van der Waals surface area contributed by atoms with E-state index in [1.807, 2.05) is 6.92 Å². The molecule has 3 nitrogen and oxygen atoms in total. The molecule has 0 spiro atoms. The summed E-state index contributed by atoms with van der Waals surface area (Å²) in [4.78, 5) is 0.559. The van der Waals surface area contributed by atoms with E-state index in [0.717, 1.165) is 5.56 Å². The number of halogens is 1. The summed E-state index contributed by atoms with van der Waals surface area (Å²) in [6.07, 6.45) is 0. The molecule has 0 bridgehead atoms. The molecule has 0 unspecified atom stereocenters. The van der Waals surface area contributed by atoms with Crippen molar-refractivity contribution in [3.8, 4) is 0 Å². The van der Waals surface area contributed by atoms with E-state index in [1.165, 1.54) is 12.1 Å². The van der Waals surface area contributed by atoms with Crippen molar-refractivity contribution in [1.82, 2.24) is 0 Å². The van der Waals surface area contributed by atoms with Crippen molar-refractivity contribution < 1.29 is 8.42 Å². The molecule has 0 aliphatic rings. The molecule has 0 radical (unpaired) electrons. The van der Waals surface area contributed by atoms with Gasteiger partial charge < -0.3 is 5.73 Å². The van der Waals surface area contributed by atoms with Crippen molar-refractivity contribution in [3.05, 3.63) is 54.1 Å². The second-order valence-corrected chi connectivity index (χ2v) is 5.84. The topological polar surface area (TPSA) is 60.2 Å². The normalized spacial score (nSPS) is 10.7. The van der Waals surface area contributed by atoms with E-state index in [4.69, 9.17) is 5.73 Å². The Hall–Kier alpha value is -1.52. The Labute approximate surface area is 113 Å². The summed E-state index contributed by atoms with van der Waals surface area (Å²) in [5, 5.41) is 0. The predicted octanol–water partition coefficient (Wildman–Crippen LogP) is 2.83. The van der Waals surface area contributed by atoms with E-state index in [1.54, 1.807) is 36.4 Å².